The Labute approximate surface area is 67.6 Å². The van der Waals surface area contributed by atoms with Crippen molar-refractivity contribution in [2.75, 3.05) is 5.73 Å². The topological polar surface area (TPSA) is 89.3 Å². The summed E-state index contributed by atoms with van der Waals surface area (Å²) < 4.78 is 12.5. The third-order valence-corrected chi connectivity index (χ3v) is 1.38. The summed E-state index contributed by atoms with van der Waals surface area (Å²) in [7, 11) is 0. The Bertz CT molecular complexity index is 338. The van der Waals surface area contributed by atoms with Gasteiger partial charge in [-0.15, -0.1) is 0 Å². The minimum atomic E-state index is -0.877. The van der Waals surface area contributed by atoms with Crippen molar-refractivity contribution < 1.29 is 14.3 Å². The largest absolute Gasteiger partial charge is 0.505 e. The van der Waals surface area contributed by atoms with Gasteiger partial charge in [0, 0.05) is 11.8 Å². The number of benzene rings is 1. The van der Waals surface area contributed by atoms with E-state index in [1.54, 1.807) is 0 Å². The number of halogens is 1. The number of carbonyl (C=O) groups is 1. The fourth-order valence-corrected chi connectivity index (χ4v) is 0.791. The molecule has 1 rings (SSSR count). The molecule has 12 heavy (non-hydrogen) atoms. The van der Waals surface area contributed by atoms with Gasteiger partial charge in [-0.1, -0.05) is 0 Å². The third kappa shape index (κ3) is 1.29. The maximum absolute atomic E-state index is 12.5. The van der Waals surface area contributed by atoms with Crippen LogP contribution in [0.1, 0.15) is 10.4 Å². The summed E-state index contributed by atoms with van der Waals surface area (Å²) in [5.74, 6) is -2.32. The Morgan fingerprint density at radius 3 is 2.58 bits per heavy atom. The lowest BCUT2D eigenvalue weighted by Gasteiger charge is -2.02. The van der Waals surface area contributed by atoms with Crippen LogP contribution in [0.5, 0.6) is 5.75 Å². The average molecular weight is 170 g/mol. The summed E-state index contributed by atoms with van der Waals surface area (Å²) in [6, 6.07) is 1.74. The first-order valence-electron chi connectivity index (χ1n) is 3.10. The van der Waals surface area contributed by atoms with Crippen molar-refractivity contribution in [1.29, 1.82) is 0 Å². The first-order valence-corrected chi connectivity index (χ1v) is 3.10. The van der Waals surface area contributed by atoms with E-state index >= 15 is 0 Å². The Morgan fingerprint density at radius 2 is 2.08 bits per heavy atom. The molecule has 0 fully saturated rings. The van der Waals surface area contributed by atoms with E-state index in [-0.39, 0.29) is 11.3 Å². The number of rotatable bonds is 1. The molecule has 5 heteroatoms. The van der Waals surface area contributed by atoms with Crippen LogP contribution in [-0.4, -0.2) is 11.0 Å². The van der Waals surface area contributed by atoms with Crippen LogP contribution in [0, 0.1) is 5.82 Å². The van der Waals surface area contributed by atoms with Gasteiger partial charge in [0.15, 0.2) is 11.6 Å². The first-order chi connectivity index (χ1) is 5.52. The summed E-state index contributed by atoms with van der Waals surface area (Å²) in [4.78, 5) is 10.6. The molecular weight excluding hydrogens is 163 g/mol. The molecule has 0 saturated heterocycles. The van der Waals surface area contributed by atoms with E-state index in [4.69, 9.17) is 16.6 Å². The van der Waals surface area contributed by atoms with Crippen molar-refractivity contribution >= 4 is 11.6 Å². The number of phenolic OH excluding ortho intramolecular Hbond substituents is 1. The van der Waals surface area contributed by atoms with Crippen LogP contribution in [0.15, 0.2) is 12.1 Å². The van der Waals surface area contributed by atoms with Gasteiger partial charge in [0.2, 0.25) is 0 Å². The Balaban J connectivity index is 3.33. The monoisotopic (exact) mass is 170 g/mol. The molecule has 0 aromatic heterocycles. The molecule has 0 atom stereocenters. The number of anilines is 1. The van der Waals surface area contributed by atoms with Crippen LogP contribution in [-0.2, 0) is 0 Å². The molecular formula is C7H7FN2O2. The second-order valence-corrected chi connectivity index (χ2v) is 2.26. The van der Waals surface area contributed by atoms with Crippen LogP contribution < -0.4 is 11.5 Å². The SMILES string of the molecule is NC(=O)c1cc(O)c(F)cc1N. The minimum Gasteiger partial charge on any atom is -0.505 e. The Hall–Kier alpha value is -1.78. The molecule has 0 aliphatic carbocycles. The Kier molecular flexibility index (Phi) is 1.86. The number of carbonyl (C=O) groups excluding carboxylic acids is 1. The zero-order valence-electron chi connectivity index (χ0n) is 6.04. The first kappa shape index (κ1) is 8.32. The van der Waals surface area contributed by atoms with Gasteiger partial charge in [-0.05, 0) is 6.07 Å². The quantitative estimate of drug-likeness (QED) is 0.415. The van der Waals surface area contributed by atoms with Gasteiger partial charge in [0.25, 0.3) is 5.91 Å². The third-order valence-electron chi connectivity index (χ3n) is 1.38. The lowest BCUT2D eigenvalue weighted by molar-refractivity contribution is 0.100. The van der Waals surface area contributed by atoms with Crippen molar-refractivity contribution in [3.05, 3.63) is 23.5 Å². The van der Waals surface area contributed by atoms with Gasteiger partial charge in [0.05, 0.1) is 5.56 Å². The van der Waals surface area contributed by atoms with E-state index in [2.05, 4.69) is 0 Å². The molecule has 5 N–H and O–H groups in total. The second kappa shape index (κ2) is 2.69. The summed E-state index contributed by atoms with van der Waals surface area (Å²) in [5.41, 5.74) is 9.95. The van der Waals surface area contributed by atoms with Crippen LogP contribution in [0.25, 0.3) is 0 Å². The number of amides is 1. The highest BCUT2D eigenvalue weighted by molar-refractivity contribution is 5.98. The van der Waals surface area contributed by atoms with Gasteiger partial charge in [0.1, 0.15) is 0 Å². The van der Waals surface area contributed by atoms with Gasteiger partial charge in [-0.25, -0.2) is 4.39 Å². The predicted octanol–water partition coefficient (Wildman–Crippen LogP) is 0.212. The van der Waals surface area contributed by atoms with Gasteiger partial charge in [-0.2, -0.15) is 0 Å². The fourth-order valence-electron chi connectivity index (χ4n) is 0.791. The second-order valence-electron chi connectivity index (χ2n) is 2.26. The summed E-state index contributed by atoms with van der Waals surface area (Å²) >= 11 is 0. The van der Waals surface area contributed by atoms with Crippen LogP contribution in [0.4, 0.5) is 10.1 Å². The number of nitrogen functional groups attached to an aromatic ring is 1. The summed E-state index contributed by atoms with van der Waals surface area (Å²) in [5, 5.41) is 8.84. The number of hydrogen-bond donors (Lipinski definition) is 3. The fraction of sp³-hybridized carbons (Fsp3) is 0. The molecule has 1 aromatic carbocycles. The van der Waals surface area contributed by atoms with Gasteiger partial charge >= 0.3 is 0 Å². The molecule has 0 aliphatic heterocycles. The zero-order valence-corrected chi connectivity index (χ0v) is 6.04. The van der Waals surface area contributed by atoms with Crippen molar-refractivity contribution in [3.63, 3.8) is 0 Å². The van der Waals surface area contributed by atoms with Gasteiger partial charge in [-0.3, -0.25) is 4.79 Å². The molecule has 0 heterocycles. The molecule has 0 radical (unpaired) electrons. The molecule has 0 unspecified atom stereocenters. The normalized spacial score (nSPS) is 9.75. The molecule has 0 aliphatic rings. The number of hydrogen-bond acceptors (Lipinski definition) is 3. The molecule has 0 bridgehead atoms. The predicted molar refractivity (Wildman–Crippen MR) is 41.0 cm³/mol. The minimum absolute atomic E-state index is 0.0854. The molecule has 1 amide bonds. The average Bonchev–Trinajstić information content (AvgIpc) is 1.96. The highest BCUT2D eigenvalue weighted by Crippen LogP contribution is 2.22. The van der Waals surface area contributed by atoms with Gasteiger partial charge < -0.3 is 16.6 Å². The smallest absolute Gasteiger partial charge is 0.250 e. The summed E-state index contributed by atoms with van der Waals surface area (Å²) in [6.07, 6.45) is 0. The highest BCUT2D eigenvalue weighted by Gasteiger charge is 2.10. The van der Waals surface area contributed by atoms with Crippen molar-refractivity contribution in [3.8, 4) is 5.75 Å². The number of nitrogens with two attached hydrogens (primary N) is 2. The van der Waals surface area contributed by atoms with Crippen molar-refractivity contribution in [2.45, 2.75) is 0 Å². The van der Waals surface area contributed by atoms with Crippen LogP contribution in [0.3, 0.4) is 0 Å². The van der Waals surface area contributed by atoms with E-state index in [9.17, 15) is 9.18 Å². The maximum atomic E-state index is 12.5. The van der Waals surface area contributed by atoms with Crippen molar-refractivity contribution in [2.24, 2.45) is 5.73 Å². The molecule has 64 valence electrons. The number of primary amides is 1. The molecule has 0 saturated carbocycles. The lowest BCUT2D eigenvalue weighted by atomic mass is 10.1. The number of aromatic hydroxyl groups is 1. The zero-order chi connectivity index (χ0) is 9.30. The maximum Gasteiger partial charge on any atom is 0.250 e. The van der Waals surface area contributed by atoms with E-state index < -0.39 is 17.5 Å². The van der Waals surface area contributed by atoms with E-state index in [1.165, 1.54) is 0 Å². The van der Waals surface area contributed by atoms with Crippen molar-refractivity contribution in [1.82, 2.24) is 0 Å². The van der Waals surface area contributed by atoms with E-state index in [0.29, 0.717) is 0 Å². The summed E-state index contributed by atoms with van der Waals surface area (Å²) in [6.45, 7) is 0. The molecule has 0 spiro atoms. The van der Waals surface area contributed by atoms with Crippen LogP contribution in [0.2, 0.25) is 0 Å². The molecule has 4 nitrogen and oxygen atoms in total. The lowest BCUT2D eigenvalue weighted by Crippen LogP contribution is -2.13. The Morgan fingerprint density at radius 1 is 1.50 bits per heavy atom. The highest BCUT2D eigenvalue weighted by atomic mass is 19.1. The number of phenols is 1. The van der Waals surface area contributed by atoms with Crippen LogP contribution >= 0.6 is 0 Å². The van der Waals surface area contributed by atoms with E-state index in [1.807, 2.05) is 0 Å². The standard InChI is InChI=1S/C7H7FN2O2/c8-4-2-5(9)3(7(10)12)1-6(4)11/h1-2,11H,9H2,(H2,10,12). The van der Waals surface area contributed by atoms with E-state index in [0.717, 1.165) is 12.1 Å². The molecule has 1 aromatic rings.